The first-order valence-electron chi connectivity index (χ1n) is 3.30. The van der Waals surface area contributed by atoms with Gasteiger partial charge in [-0.2, -0.15) is 0 Å². The Morgan fingerprint density at radius 1 is 1.58 bits per heavy atom. The number of phenolic OH excluding ortho intramolecular Hbond substituents is 1. The van der Waals surface area contributed by atoms with Crippen molar-refractivity contribution in [2.24, 2.45) is 0 Å². The average Bonchev–Trinajstić information content (AvgIpc) is 2.03. The van der Waals surface area contributed by atoms with Crippen LogP contribution in [0.5, 0.6) is 5.75 Å². The van der Waals surface area contributed by atoms with E-state index in [0.717, 1.165) is 4.47 Å². The topological polar surface area (TPSA) is 37.3 Å². The number of phenols is 1. The lowest BCUT2D eigenvalue weighted by Gasteiger charge is -1.99. The minimum Gasteiger partial charge on any atom is -0.507 e. The van der Waals surface area contributed by atoms with Gasteiger partial charge in [0.1, 0.15) is 5.75 Å². The van der Waals surface area contributed by atoms with Crippen LogP contribution in [-0.4, -0.2) is 10.9 Å². The van der Waals surface area contributed by atoms with Crippen LogP contribution in [0.25, 0.3) is 0 Å². The molecule has 0 amide bonds. The Bertz CT molecular complexity index is 331. The SMILES string of the molecule is C=CC(=O)c1ccc(Br)cc1O. The van der Waals surface area contributed by atoms with Gasteiger partial charge < -0.3 is 5.11 Å². The summed E-state index contributed by atoms with van der Waals surface area (Å²) in [5.74, 6) is -0.311. The van der Waals surface area contributed by atoms with Crippen LogP contribution >= 0.6 is 15.9 Å². The predicted molar refractivity (Wildman–Crippen MR) is 50.3 cm³/mol. The fourth-order valence-electron chi connectivity index (χ4n) is 0.823. The summed E-state index contributed by atoms with van der Waals surface area (Å²) < 4.78 is 0.737. The van der Waals surface area contributed by atoms with Gasteiger partial charge in [0.2, 0.25) is 0 Å². The molecule has 0 aliphatic carbocycles. The highest BCUT2D eigenvalue weighted by Crippen LogP contribution is 2.22. The quantitative estimate of drug-likeness (QED) is 0.622. The predicted octanol–water partition coefficient (Wildman–Crippen LogP) is 2.52. The molecule has 0 saturated heterocycles. The van der Waals surface area contributed by atoms with Gasteiger partial charge in [-0.3, -0.25) is 4.79 Å². The van der Waals surface area contributed by atoms with Gasteiger partial charge in [-0.1, -0.05) is 22.5 Å². The standard InChI is InChI=1S/C9H7BrO2/c1-2-8(11)7-4-3-6(10)5-9(7)12/h2-5,12H,1H2. The van der Waals surface area contributed by atoms with Gasteiger partial charge in [-0.15, -0.1) is 0 Å². The summed E-state index contributed by atoms with van der Waals surface area (Å²) in [6, 6.07) is 4.70. The van der Waals surface area contributed by atoms with E-state index in [1.165, 1.54) is 12.1 Å². The second-order valence-corrected chi connectivity index (χ2v) is 3.15. The lowest BCUT2D eigenvalue weighted by atomic mass is 10.1. The van der Waals surface area contributed by atoms with Crippen LogP contribution in [0.2, 0.25) is 0 Å². The van der Waals surface area contributed by atoms with Crippen LogP contribution in [0.4, 0.5) is 0 Å². The average molecular weight is 227 g/mol. The molecule has 0 aliphatic rings. The second kappa shape index (κ2) is 3.54. The van der Waals surface area contributed by atoms with E-state index in [1.807, 2.05) is 0 Å². The monoisotopic (exact) mass is 226 g/mol. The molecule has 0 bridgehead atoms. The summed E-state index contributed by atoms with van der Waals surface area (Å²) in [7, 11) is 0. The fraction of sp³-hybridized carbons (Fsp3) is 0. The highest BCUT2D eigenvalue weighted by molar-refractivity contribution is 9.10. The molecule has 1 rings (SSSR count). The van der Waals surface area contributed by atoms with E-state index in [9.17, 15) is 9.90 Å². The second-order valence-electron chi connectivity index (χ2n) is 2.23. The minimum atomic E-state index is -0.278. The van der Waals surface area contributed by atoms with E-state index in [1.54, 1.807) is 12.1 Å². The van der Waals surface area contributed by atoms with Crippen LogP contribution in [0.3, 0.4) is 0 Å². The molecule has 0 unspecified atom stereocenters. The van der Waals surface area contributed by atoms with E-state index in [4.69, 9.17) is 0 Å². The van der Waals surface area contributed by atoms with Gasteiger partial charge in [0.25, 0.3) is 0 Å². The van der Waals surface area contributed by atoms with Gasteiger partial charge in [0, 0.05) is 4.47 Å². The maximum absolute atomic E-state index is 11.1. The molecule has 0 aliphatic heterocycles. The number of rotatable bonds is 2. The molecule has 1 N–H and O–H groups in total. The summed E-state index contributed by atoms with van der Waals surface area (Å²) in [5, 5.41) is 9.29. The Morgan fingerprint density at radius 2 is 2.25 bits per heavy atom. The Kier molecular flexibility index (Phi) is 2.65. The molecule has 1 aromatic rings. The molecule has 0 atom stereocenters. The van der Waals surface area contributed by atoms with Crippen LogP contribution in [-0.2, 0) is 0 Å². The number of halogens is 1. The number of hydrogen-bond acceptors (Lipinski definition) is 2. The largest absolute Gasteiger partial charge is 0.507 e. The summed E-state index contributed by atoms with van der Waals surface area (Å²) in [5.41, 5.74) is 0.271. The Hall–Kier alpha value is -1.09. The van der Waals surface area contributed by atoms with Crippen LogP contribution in [0.1, 0.15) is 10.4 Å². The molecular weight excluding hydrogens is 220 g/mol. The number of allylic oxidation sites excluding steroid dienone is 1. The van der Waals surface area contributed by atoms with Crippen molar-refractivity contribution in [3.05, 3.63) is 40.9 Å². The number of hydrogen-bond donors (Lipinski definition) is 1. The van der Waals surface area contributed by atoms with Gasteiger partial charge in [0.15, 0.2) is 5.78 Å². The van der Waals surface area contributed by atoms with Crippen LogP contribution in [0.15, 0.2) is 35.3 Å². The number of carbonyl (C=O) groups excluding carboxylic acids is 1. The van der Waals surface area contributed by atoms with Crippen LogP contribution < -0.4 is 0 Å². The Labute approximate surface area is 78.7 Å². The zero-order chi connectivity index (χ0) is 9.14. The summed E-state index contributed by atoms with van der Waals surface area (Å²) in [6.45, 7) is 3.33. The first-order chi connectivity index (χ1) is 5.65. The first-order valence-corrected chi connectivity index (χ1v) is 4.09. The Balaban J connectivity index is 3.18. The van der Waals surface area contributed by atoms with E-state index in [0.29, 0.717) is 0 Å². The molecule has 0 aromatic heterocycles. The summed E-state index contributed by atoms with van der Waals surface area (Å²) >= 11 is 3.17. The molecule has 2 nitrogen and oxygen atoms in total. The van der Waals surface area contributed by atoms with E-state index in [-0.39, 0.29) is 17.1 Å². The molecule has 0 radical (unpaired) electrons. The fourth-order valence-corrected chi connectivity index (χ4v) is 1.17. The lowest BCUT2D eigenvalue weighted by Crippen LogP contribution is -1.93. The molecular formula is C9H7BrO2. The van der Waals surface area contributed by atoms with Gasteiger partial charge in [0.05, 0.1) is 5.56 Å². The lowest BCUT2D eigenvalue weighted by molar-refractivity contribution is 0.104. The minimum absolute atomic E-state index is 0.0331. The van der Waals surface area contributed by atoms with E-state index in [2.05, 4.69) is 22.5 Å². The van der Waals surface area contributed by atoms with Crippen molar-refractivity contribution in [1.82, 2.24) is 0 Å². The number of carbonyl (C=O) groups is 1. The first kappa shape index (κ1) is 9.00. The maximum Gasteiger partial charge on any atom is 0.188 e. The molecule has 1 aromatic carbocycles. The van der Waals surface area contributed by atoms with Crippen molar-refractivity contribution >= 4 is 21.7 Å². The number of ketones is 1. The molecule has 3 heteroatoms. The van der Waals surface area contributed by atoms with Crippen molar-refractivity contribution in [2.75, 3.05) is 0 Å². The zero-order valence-electron chi connectivity index (χ0n) is 6.25. The molecule has 0 saturated carbocycles. The van der Waals surface area contributed by atoms with Crippen molar-refractivity contribution in [2.45, 2.75) is 0 Å². The normalized spacial score (nSPS) is 9.42. The van der Waals surface area contributed by atoms with Crippen molar-refractivity contribution in [3.63, 3.8) is 0 Å². The maximum atomic E-state index is 11.1. The number of aromatic hydroxyl groups is 1. The zero-order valence-corrected chi connectivity index (χ0v) is 7.84. The molecule has 0 heterocycles. The molecule has 0 spiro atoms. The third kappa shape index (κ3) is 1.74. The molecule has 12 heavy (non-hydrogen) atoms. The van der Waals surface area contributed by atoms with Crippen LogP contribution in [0, 0.1) is 0 Å². The van der Waals surface area contributed by atoms with Gasteiger partial charge in [-0.05, 0) is 24.3 Å². The van der Waals surface area contributed by atoms with Crippen molar-refractivity contribution in [3.8, 4) is 5.75 Å². The van der Waals surface area contributed by atoms with E-state index < -0.39 is 0 Å². The Morgan fingerprint density at radius 3 is 2.75 bits per heavy atom. The number of benzene rings is 1. The third-order valence-electron chi connectivity index (χ3n) is 1.41. The summed E-state index contributed by atoms with van der Waals surface area (Å²) in [6.07, 6.45) is 1.17. The van der Waals surface area contributed by atoms with E-state index >= 15 is 0 Å². The van der Waals surface area contributed by atoms with Gasteiger partial charge in [-0.25, -0.2) is 0 Å². The molecule has 0 fully saturated rings. The van der Waals surface area contributed by atoms with Crippen molar-refractivity contribution in [1.29, 1.82) is 0 Å². The molecule has 62 valence electrons. The highest BCUT2D eigenvalue weighted by atomic mass is 79.9. The summed E-state index contributed by atoms with van der Waals surface area (Å²) in [4.78, 5) is 11.1. The van der Waals surface area contributed by atoms with Gasteiger partial charge >= 0.3 is 0 Å². The highest BCUT2D eigenvalue weighted by Gasteiger charge is 2.06. The van der Waals surface area contributed by atoms with Crippen molar-refractivity contribution < 1.29 is 9.90 Å². The third-order valence-corrected chi connectivity index (χ3v) is 1.90. The smallest absolute Gasteiger partial charge is 0.188 e.